The molecule has 0 bridgehead atoms. The Bertz CT molecular complexity index is 659. The van der Waals surface area contributed by atoms with Crippen LogP contribution >= 0.6 is 0 Å². The van der Waals surface area contributed by atoms with Gasteiger partial charge in [0.25, 0.3) is 0 Å². The maximum Gasteiger partial charge on any atom is 0.315 e. The highest BCUT2D eigenvalue weighted by atomic mass is 16.3. The summed E-state index contributed by atoms with van der Waals surface area (Å²) in [5, 5.41) is 16.6. The Hall–Kier alpha value is -2.05. The Kier molecular flexibility index (Phi) is 5.94. The number of furan rings is 1. The van der Waals surface area contributed by atoms with Crippen molar-refractivity contribution in [2.24, 2.45) is 5.92 Å². The average Bonchev–Trinajstić information content (AvgIpc) is 3.03. The number of hydrogen-bond acceptors (Lipinski definition) is 4. The predicted octanol–water partition coefficient (Wildman–Crippen LogP) is 2.32. The van der Waals surface area contributed by atoms with Gasteiger partial charge in [0.15, 0.2) is 0 Å². The summed E-state index contributed by atoms with van der Waals surface area (Å²) < 4.78 is 5.65. The van der Waals surface area contributed by atoms with Gasteiger partial charge in [0.2, 0.25) is 0 Å². The topological polar surface area (TPSA) is 77.7 Å². The lowest BCUT2D eigenvalue weighted by atomic mass is 9.99. The van der Waals surface area contributed by atoms with Gasteiger partial charge in [0, 0.05) is 18.5 Å². The molecular weight excluding hydrogens is 318 g/mol. The highest BCUT2D eigenvalue weighted by molar-refractivity contribution is 5.78. The number of benzene rings is 1. The van der Waals surface area contributed by atoms with Crippen LogP contribution in [0.1, 0.15) is 25.5 Å². The number of aliphatic hydroxyl groups is 1. The molecule has 0 spiro atoms. The van der Waals surface area contributed by atoms with Crippen LogP contribution in [0.5, 0.6) is 0 Å². The average molecular weight is 345 g/mol. The zero-order chi connectivity index (χ0) is 17.6. The zero-order valence-corrected chi connectivity index (χ0v) is 14.7. The predicted molar refractivity (Wildman–Crippen MR) is 97.3 cm³/mol. The number of amides is 2. The number of nitrogens with zero attached hydrogens (tertiary/aromatic N) is 1. The van der Waals surface area contributed by atoms with E-state index in [-0.39, 0.29) is 12.6 Å². The van der Waals surface area contributed by atoms with Gasteiger partial charge in [-0.15, -0.1) is 0 Å². The fourth-order valence-electron chi connectivity index (χ4n) is 3.17. The second-order valence-electron chi connectivity index (χ2n) is 6.95. The molecule has 2 heterocycles. The number of hydrogen-bond donors (Lipinski definition) is 3. The third-order valence-electron chi connectivity index (χ3n) is 4.74. The minimum absolute atomic E-state index is 0.248. The van der Waals surface area contributed by atoms with Crippen molar-refractivity contribution in [1.29, 1.82) is 0 Å². The lowest BCUT2D eigenvalue weighted by Gasteiger charge is -2.31. The van der Waals surface area contributed by atoms with Crippen molar-refractivity contribution in [3.63, 3.8) is 0 Å². The van der Waals surface area contributed by atoms with Gasteiger partial charge in [-0.1, -0.05) is 25.1 Å². The van der Waals surface area contributed by atoms with Gasteiger partial charge in [0.1, 0.15) is 11.3 Å². The first-order valence-corrected chi connectivity index (χ1v) is 8.99. The Labute approximate surface area is 148 Å². The first-order valence-electron chi connectivity index (χ1n) is 8.99. The maximum absolute atomic E-state index is 11.9. The molecule has 136 valence electrons. The van der Waals surface area contributed by atoms with Crippen LogP contribution in [0.3, 0.4) is 0 Å². The molecule has 1 aliphatic heterocycles. The van der Waals surface area contributed by atoms with Gasteiger partial charge in [-0.05, 0) is 44.0 Å². The van der Waals surface area contributed by atoms with E-state index in [4.69, 9.17) is 4.42 Å². The number of fused-ring (bicyclic) bond motifs is 1. The molecule has 1 fully saturated rings. The molecule has 0 saturated carbocycles. The van der Waals surface area contributed by atoms with Crippen LogP contribution < -0.4 is 10.6 Å². The summed E-state index contributed by atoms with van der Waals surface area (Å²) in [6, 6.07) is 9.36. The summed E-state index contributed by atoms with van der Waals surface area (Å²) in [6.45, 7) is 5.49. The molecule has 1 aliphatic rings. The summed E-state index contributed by atoms with van der Waals surface area (Å²) in [7, 11) is 0. The number of rotatable bonds is 6. The molecule has 3 N–H and O–H groups in total. The largest absolute Gasteiger partial charge is 0.459 e. The van der Waals surface area contributed by atoms with E-state index in [1.165, 1.54) is 12.8 Å². The second kappa shape index (κ2) is 8.36. The molecule has 1 aromatic heterocycles. The van der Waals surface area contributed by atoms with Crippen molar-refractivity contribution in [2.75, 3.05) is 26.2 Å². The second-order valence-corrected chi connectivity index (χ2v) is 6.95. The molecule has 25 heavy (non-hydrogen) atoms. The molecular formula is C19H27N3O3. The van der Waals surface area contributed by atoms with Crippen molar-refractivity contribution >= 4 is 17.0 Å². The van der Waals surface area contributed by atoms with Crippen LogP contribution in [0, 0.1) is 5.92 Å². The van der Waals surface area contributed by atoms with E-state index in [9.17, 15) is 9.90 Å². The number of urea groups is 1. The molecule has 1 aromatic carbocycles. The third-order valence-corrected chi connectivity index (χ3v) is 4.74. The molecule has 6 nitrogen and oxygen atoms in total. The molecule has 1 unspecified atom stereocenters. The van der Waals surface area contributed by atoms with E-state index in [0.717, 1.165) is 30.0 Å². The number of aliphatic hydroxyl groups excluding tert-OH is 1. The molecule has 0 radical (unpaired) electrons. The first kappa shape index (κ1) is 17.8. The van der Waals surface area contributed by atoms with Gasteiger partial charge >= 0.3 is 6.03 Å². The minimum Gasteiger partial charge on any atom is -0.459 e. The van der Waals surface area contributed by atoms with Crippen LogP contribution in [0.2, 0.25) is 0 Å². The van der Waals surface area contributed by atoms with Crippen LogP contribution in [0.15, 0.2) is 34.7 Å². The lowest BCUT2D eigenvalue weighted by molar-refractivity contribution is 0.0920. The van der Waals surface area contributed by atoms with Crippen molar-refractivity contribution < 1.29 is 14.3 Å². The van der Waals surface area contributed by atoms with E-state index < -0.39 is 6.10 Å². The summed E-state index contributed by atoms with van der Waals surface area (Å²) in [6.07, 6.45) is 1.81. The van der Waals surface area contributed by atoms with Crippen LogP contribution in [-0.2, 0) is 6.54 Å². The smallest absolute Gasteiger partial charge is 0.315 e. The van der Waals surface area contributed by atoms with E-state index >= 15 is 0 Å². The van der Waals surface area contributed by atoms with Crippen molar-refractivity contribution in [3.05, 3.63) is 36.1 Å². The van der Waals surface area contributed by atoms with Crippen molar-refractivity contribution in [1.82, 2.24) is 15.5 Å². The molecule has 1 atom stereocenters. The van der Waals surface area contributed by atoms with Crippen LogP contribution in [0.25, 0.3) is 11.0 Å². The van der Waals surface area contributed by atoms with Gasteiger partial charge in [0.05, 0.1) is 12.6 Å². The third kappa shape index (κ3) is 5.21. The normalized spacial score (nSPS) is 17.5. The number of para-hydroxylation sites is 1. The highest BCUT2D eigenvalue weighted by Gasteiger charge is 2.18. The Balaban J connectivity index is 1.36. The number of carbonyl (C=O) groups is 1. The van der Waals surface area contributed by atoms with Crippen molar-refractivity contribution in [3.8, 4) is 0 Å². The van der Waals surface area contributed by atoms with Gasteiger partial charge in [-0.3, -0.25) is 0 Å². The number of piperidine rings is 1. The SMILES string of the molecule is CC1CCN(CC(O)CNC(=O)NCc2cc3ccccc3o2)CC1. The highest BCUT2D eigenvalue weighted by Crippen LogP contribution is 2.18. The minimum atomic E-state index is -0.551. The maximum atomic E-state index is 11.9. The molecule has 6 heteroatoms. The fraction of sp³-hybridized carbons (Fsp3) is 0.526. The number of carbonyl (C=O) groups excluding carboxylic acids is 1. The van der Waals surface area contributed by atoms with Crippen LogP contribution in [-0.4, -0.2) is 48.3 Å². The summed E-state index contributed by atoms with van der Waals surface area (Å²) in [5.74, 6) is 1.48. The van der Waals surface area contributed by atoms with Gasteiger partial charge in [-0.25, -0.2) is 4.79 Å². The molecule has 2 amide bonds. The van der Waals surface area contributed by atoms with E-state index in [2.05, 4.69) is 22.5 Å². The van der Waals surface area contributed by atoms with Gasteiger partial charge in [-0.2, -0.15) is 0 Å². The van der Waals surface area contributed by atoms with Gasteiger partial charge < -0.3 is 25.1 Å². The quantitative estimate of drug-likeness (QED) is 0.751. The summed E-state index contributed by atoms with van der Waals surface area (Å²) in [4.78, 5) is 14.1. The summed E-state index contributed by atoms with van der Waals surface area (Å²) in [5.41, 5.74) is 0.811. The van der Waals surface area contributed by atoms with E-state index in [1.807, 2.05) is 30.3 Å². The summed E-state index contributed by atoms with van der Waals surface area (Å²) >= 11 is 0. The number of nitrogens with one attached hydrogen (secondary N) is 2. The zero-order valence-electron chi connectivity index (χ0n) is 14.7. The fourth-order valence-corrected chi connectivity index (χ4v) is 3.17. The standard InChI is InChI=1S/C19H27N3O3/c1-14-6-8-22(9-7-14)13-16(23)11-20-19(24)21-12-17-10-15-4-2-3-5-18(15)25-17/h2-5,10,14,16,23H,6-9,11-13H2,1H3,(H2,20,21,24). The van der Waals surface area contributed by atoms with E-state index in [1.54, 1.807) is 0 Å². The Morgan fingerprint density at radius 2 is 2.08 bits per heavy atom. The monoisotopic (exact) mass is 345 g/mol. The Morgan fingerprint density at radius 1 is 1.32 bits per heavy atom. The molecule has 0 aliphatic carbocycles. The molecule has 2 aromatic rings. The first-order chi connectivity index (χ1) is 12.1. The van der Waals surface area contributed by atoms with Crippen LogP contribution in [0.4, 0.5) is 4.79 Å². The molecule has 3 rings (SSSR count). The lowest BCUT2D eigenvalue weighted by Crippen LogP contribution is -2.45. The number of likely N-dealkylation sites (tertiary alicyclic amines) is 1. The number of β-amino-alcohol motifs (C(OH)–C–C–N with tert-alkyl or cyclic N) is 1. The van der Waals surface area contributed by atoms with E-state index in [0.29, 0.717) is 18.8 Å². The molecule has 1 saturated heterocycles. The Morgan fingerprint density at radius 3 is 2.84 bits per heavy atom. The van der Waals surface area contributed by atoms with Crippen molar-refractivity contribution in [2.45, 2.75) is 32.4 Å².